The standard InChI is InChI=1S/C15H21IN2O2/c1-3-20-15(19)13-6-4-5-12(14(13)16)10-18-8-7-17-9-11(18)2/h4-6,11,17H,3,7-10H2,1-2H3/t11-/m0/s1. The molecule has 1 aliphatic heterocycles. The van der Waals surface area contributed by atoms with Crippen LogP contribution in [-0.2, 0) is 11.3 Å². The Morgan fingerprint density at radius 3 is 3.05 bits per heavy atom. The molecule has 1 heterocycles. The summed E-state index contributed by atoms with van der Waals surface area (Å²) in [4.78, 5) is 14.4. The minimum Gasteiger partial charge on any atom is -0.462 e. The van der Waals surface area contributed by atoms with Crippen LogP contribution in [-0.4, -0.2) is 43.2 Å². The first-order chi connectivity index (χ1) is 9.63. The van der Waals surface area contributed by atoms with Crippen molar-refractivity contribution in [1.82, 2.24) is 10.2 Å². The van der Waals surface area contributed by atoms with Crippen LogP contribution in [0.2, 0.25) is 0 Å². The molecule has 1 aromatic carbocycles. The SMILES string of the molecule is CCOC(=O)c1cccc(CN2CCNC[C@@H]2C)c1I. The summed E-state index contributed by atoms with van der Waals surface area (Å²) < 4.78 is 6.12. The van der Waals surface area contributed by atoms with E-state index in [2.05, 4.69) is 45.8 Å². The lowest BCUT2D eigenvalue weighted by Gasteiger charge is -2.34. The van der Waals surface area contributed by atoms with Crippen molar-refractivity contribution in [2.75, 3.05) is 26.2 Å². The molecule has 1 saturated heterocycles. The highest BCUT2D eigenvalue weighted by molar-refractivity contribution is 14.1. The number of carbonyl (C=O) groups excluding carboxylic acids is 1. The fraction of sp³-hybridized carbons (Fsp3) is 0.533. The molecule has 4 nitrogen and oxygen atoms in total. The van der Waals surface area contributed by atoms with Crippen LogP contribution in [0.1, 0.15) is 29.8 Å². The smallest absolute Gasteiger partial charge is 0.339 e. The van der Waals surface area contributed by atoms with E-state index in [0.29, 0.717) is 18.2 Å². The summed E-state index contributed by atoms with van der Waals surface area (Å²) in [6.45, 7) is 8.45. The van der Waals surface area contributed by atoms with Gasteiger partial charge in [0, 0.05) is 35.8 Å². The van der Waals surface area contributed by atoms with E-state index in [1.807, 2.05) is 19.1 Å². The number of rotatable bonds is 4. The van der Waals surface area contributed by atoms with Gasteiger partial charge in [0.2, 0.25) is 0 Å². The summed E-state index contributed by atoms with van der Waals surface area (Å²) in [5.74, 6) is -0.230. The molecule has 0 aliphatic carbocycles. The Balaban J connectivity index is 2.15. The number of halogens is 1. The monoisotopic (exact) mass is 388 g/mol. The number of ether oxygens (including phenoxy) is 1. The topological polar surface area (TPSA) is 41.6 Å². The van der Waals surface area contributed by atoms with Crippen molar-refractivity contribution in [2.24, 2.45) is 0 Å². The lowest BCUT2D eigenvalue weighted by molar-refractivity contribution is 0.0524. The van der Waals surface area contributed by atoms with Crippen LogP contribution >= 0.6 is 22.6 Å². The van der Waals surface area contributed by atoms with Crippen LogP contribution in [0.25, 0.3) is 0 Å². The van der Waals surface area contributed by atoms with Crippen molar-refractivity contribution in [1.29, 1.82) is 0 Å². The number of nitrogens with one attached hydrogen (secondary N) is 1. The van der Waals surface area contributed by atoms with Gasteiger partial charge in [0.05, 0.1) is 12.2 Å². The molecule has 1 aliphatic rings. The number of esters is 1. The molecule has 0 unspecified atom stereocenters. The Bertz CT molecular complexity index is 479. The van der Waals surface area contributed by atoms with Gasteiger partial charge in [-0.05, 0) is 48.1 Å². The summed E-state index contributed by atoms with van der Waals surface area (Å²) >= 11 is 2.26. The fourth-order valence-corrected chi connectivity index (χ4v) is 3.16. The van der Waals surface area contributed by atoms with Crippen molar-refractivity contribution in [2.45, 2.75) is 26.4 Å². The maximum atomic E-state index is 11.9. The number of piperazine rings is 1. The third kappa shape index (κ3) is 3.71. The highest BCUT2D eigenvalue weighted by atomic mass is 127. The molecule has 0 bridgehead atoms. The van der Waals surface area contributed by atoms with Gasteiger partial charge in [-0.25, -0.2) is 4.79 Å². The van der Waals surface area contributed by atoms with Gasteiger partial charge in [0.25, 0.3) is 0 Å². The average molecular weight is 388 g/mol. The molecule has 0 amide bonds. The van der Waals surface area contributed by atoms with Gasteiger partial charge in [-0.1, -0.05) is 12.1 Å². The molecule has 1 atom stereocenters. The molecule has 1 N–H and O–H groups in total. The molecule has 0 saturated carbocycles. The first-order valence-electron chi connectivity index (χ1n) is 7.02. The zero-order valence-corrected chi connectivity index (χ0v) is 14.1. The third-order valence-corrected chi connectivity index (χ3v) is 4.86. The molecule has 2 rings (SSSR count). The van der Waals surface area contributed by atoms with E-state index in [-0.39, 0.29) is 5.97 Å². The first-order valence-corrected chi connectivity index (χ1v) is 8.10. The molecule has 1 fully saturated rings. The second-order valence-corrected chi connectivity index (χ2v) is 6.10. The molecule has 0 spiro atoms. The van der Waals surface area contributed by atoms with Crippen LogP contribution in [0, 0.1) is 3.57 Å². The molecule has 5 heteroatoms. The Morgan fingerprint density at radius 1 is 1.55 bits per heavy atom. The van der Waals surface area contributed by atoms with Crippen molar-refractivity contribution in [3.8, 4) is 0 Å². The van der Waals surface area contributed by atoms with Crippen LogP contribution in [0.5, 0.6) is 0 Å². The largest absolute Gasteiger partial charge is 0.462 e. The predicted octanol–water partition coefficient (Wildman–Crippen LogP) is 2.26. The second-order valence-electron chi connectivity index (χ2n) is 5.02. The van der Waals surface area contributed by atoms with E-state index in [9.17, 15) is 4.79 Å². The third-order valence-electron chi connectivity index (χ3n) is 3.59. The van der Waals surface area contributed by atoms with E-state index in [4.69, 9.17) is 4.74 Å². The molecular formula is C15H21IN2O2. The second kappa shape index (κ2) is 7.38. The molecule has 0 aromatic heterocycles. The van der Waals surface area contributed by atoms with Gasteiger partial charge in [-0.15, -0.1) is 0 Å². The van der Waals surface area contributed by atoms with Gasteiger partial charge in [0.1, 0.15) is 0 Å². The number of nitrogens with zero attached hydrogens (tertiary/aromatic N) is 1. The number of hydrogen-bond acceptors (Lipinski definition) is 4. The Kier molecular flexibility index (Phi) is 5.80. The number of carbonyl (C=O) groups is 1. The Hall–Kier alpha value is -0.660. The van der Waals surface area contributed by atoms with E-state index >= 15 is 0 Å². The zero-order chi connectivity index (χ0) is 14.5. The van der Waals surface area contributed by atoms with Crippen molar-refractivity contribution >= 4 is 28.6 Å². The molecule has 110 valence electrons. The Labute approximate surface area is 134 Å². The van der Waals surface area contributed by atoms with Gasteiger partial charge in [0.15, 0.2) is 0 Å². The van der Waals surface area contributed by atoms with Crippen LogP contribution in [0.4, 0.5) is 0 Å². The number of benzene rings is 1. The Morgan fingerprint density at radius 2 is 2.35 bits per heavy atom. The predicted molar refractivity (Wildman–Crippen MR) is 87.9 cm³/mol. The maximum absolute atomic E-state index is 11.9. The van der Waals surface area contributed by atoms with E-state index in [0.717, 1.165) is 29.7 Å². The van der Waals surface area contributed by atoms with E-state index in [1.54, 1.807) is 0 Å². The summed E-state index contributed by atoms with van der Waals surface area (Å²) in [7, 11) is 0. The molecule has 20 heavy (non-hydrogen) atoms. The van der Waals surface area contributed by atoms with Gasteiger partial charge in [-0.3, -0.25) is 4.90 Å². The quantitative estimate of drug-likeness (QED) is 0.635. The van der Waals surface area contributed by atoms with Crippen molar-refractivity contribution in [3.05, 3.63) is 32.9 Å². The summed E-state index contributed by atoms with van der Waals surface area (Å²) in [5.41, 5.74) is 1.87. The highest BCUT2D eigenvalue weighted by Gasteiger charge is 2.20. The molecule has 1 aromatic rings. The van der Waals surface area contributed by atoms with Crippen LogP contribution in [0.15, 0.2) is 18.2 Å². The van der Waals surface area contributed by atoms with Gasteiger partial charge in [-0.2, -0.15) is 0 Å². The first kappa shape index (κ1) is 15.7. The lowest BCUT2D eigenvalue weighted by atomic mass is 10.1. The van der Waals surface area contributed by atoms with Crippen molar-refractivity contribution in [3.63, 3.8) is 0 Å². The normalized spacial score (nSPS) is 19.9. The van der Waals surface area contributed by atoms with E-state index < -0.39 is 0 Å². The van der Waals surface area contributed by atoms with Crippen LogP contribution < -0.4 is 5.32 Å². The average Bonchev–Trinajstić information content (AvgIpc) is 2.43. The van der Waals surface area contributed by atoms with Gasteiger partial charge < -0.3 is 10.1 Å². The molecular weight excluding hydrogens is 367 g/mol. The lowest BCUT2D eigenvalue weighted by Crippen LogP contribution is -2.49. The van der Waals surface area contributed by atoms with Crippen molar-refractivity contribution < 1.29 is 9.53 Å². The minimum absolute atomic E-state index is 0.230. The highest BCUT2D eigenvalue weighted by Crippen LogP contribution is 2.21. The van der Waals surface area contributed by atoms with Crippen LogP contribution in [0.3, 0.4) is 0 Å². The van der Waals surface area contributed by atoms with E-state index in [1.165, 1.54) is 5.56 Å². The summed E-state index contributed by atoms with van der Waals surface area (Å²) in [6, 6.07) is 6.39. The van der Waals surface area contributed by atoms with Gasteiger partial charge >= 0.3 is 5.97 Å². The fourth-order valence-electron chi connectivity index (χ4n) is 2.41. The summed E-state index contributed by atoms with van der Waals surface area (Å²) in [6.07, 6.45) is 0. The number of hydrogen-bond donors (Lipinski definition) is 1. The molecule has 0 radical (unpaired) electrons. The minimum atomic E-state index is -0.230. The summed E-state index contributed by atoms with van der Waals surface area (Å²) in [5, 5.41) is 3.39. The maximum Gasteiger partial charge on any atom is 0.339 e. The zero-order valence-electron chi connectivity index (χ0n) is 12.0.